The fourth-order valence-corrected chi connectivity index (χ4v) is 3.29. The van der Waals surface area contributed by atoms with Gasteiger partial charge in [0, 0.05) is 10.7 Å². The fourth-order valence-electron chi connectivity index (χ4n) is 2.45. The third kappa shape index (κ3) is 3.36. The first kappa shape index (κ1) is 14.4. The van der Waals surface area contributed by atoms with E-state index in [1.165, 1.54) is 10.3 Å². The molecule has 0 fully saturated rings. The maximum atomic E-state index is 5.98. The highest BCUT2D eigenvalue weighted by Crippen LogP contribution is 2.28. The molecule has 0 amide bonds. The van der Waals surface area contributed by atoms with Crippen molar-refractivity contribution in [3.8, 4) is 0 Å². The van der Waals surface area contributed by atoms with E-state index in [0.717, 1.165) is 29.1 Å². The topological polar surface area (TPSA) is 24.9 Å². The molecular weight excluding hydrogens is 300 g/mol. The van der Waals surface area contributed by atoms with Gasteiger partial charge in [-0.15, -0.1) is 11.3 Å². The number of anilines is 1. The van der Waals surface area contributed by atoms with Gasteiger partial charge in [-0.3, -0.25) is 0 Å². The second kappa shape index (κ2) is 6.46. The van der Waals surface area contributed by atoms with Crippen LogP contribution < -0.4 is 5.32 Å². The van der Waals surface area contributed by atoms with Crippen molar-refractivity contribution >= 4 is 38.8 Å². The number of hydrogen-bond acceptors (Lipinski definition) is 3. The Kier molecular flexibility index (Phi) is 4.42. The van der Waals surface area contributed by atoms with Crippen molar-refractivity contribution in [3.63, 3.8) is 0 Å². The zero-order valence-electron chi connectivity index (χ0n) is 11.8. The van der Waals surface area contributed by atoms with Crippen molar-refractivity contribution in [1.29, 1.82) is 0 Å². The van der Waals surface area contributed by atoms with Gasteiger partial charge in [0.05, 0.1) is 21.8 Å². The molecule has 3 rings (SSSR count). The van der Waals surface area contributed by atoms with Gasteiger partial charge < -0.3 is 5.32 Å². The lowest BCUT2D eigenvalue weighted by Gasteiger charge is -2.20. The van der Waals surface area contributed by atoms with Gasteiger partial charge in [-0.25, -0.2) is 4.98 Å². The zero-order valence-corrected chi connectivity index (χ0v) is 13.4. The van der Waals surface area contributed by atoms with Gasteiger partial charge in [-0.05, 0) is 42.3 Å². The van der Waals surface area contributed by atoms with E-state index in [4.69, 9.17) is 11.6 Å². The summed E-state index contributed by atoms with van der Waals surface area (Å²) in [5, 5.41) is 4.41. The Labute approximate surface area is 133 Å². The molecule has 1 atom stereocenters. The number of fused-ring (bicyclic) bond motifs is 1. The maximum absolute atomic E-state index is 5.98. The summed E-state index contributed by atoms with van der Waals surface area (Å²) in [4.78, 5) is 4.32. The highest BCUT2D eigenvalue weighted by molar-refractivity contribution is 7.16. The molecule has 0 aliphatic rings. The predicted molar refractivity (Wildman–Crippen MR) is 92.3 cm³/mol. The second-order valence-electron chi connectivity index (χ2n) is 5.07. The van der Waals surface area contributed by atoms with Crippen LogP contribution in [0.15, 0.2) is 48.0 Å². The van der Waals surface area contributed by atoms with E-state index in [2.05, 4.69) is 47.6 Å². The summed E-state index contributed by atoms with van der Waals surface area (Å²) in [6, 6.07) is 14.7. The number of rotatable bonds is 5. The standard InChI is InChI=1S/C17H17ClN2S/c1-2-3-15(12-4-6-13(18)7-5-12)20-14-8-9-16-17(10-14)21-11-19-16/h4-11,15,20H,2-3H2,1H3. The SMILES string of the molecule is CCCC(Nc1ccc2ncsc2c1)c1ccc(Cl)cc1. The van der Waals surface area contributed by atoms with E-state index >= 15 is 0 Å². The number of nitrogens with one attached hydrogen (secondary N) is 1. The average Bonchev–Trinajstić information content (AvgIpc) is 2.95. The van der Waals surface area contributed by atoms with Gasteiger partial charge >= 0.3 is 0 Å². The van der Waals surface area contributed by atoms with Crippen molar-refractivity contribution in [2.45, 2.75) is 25.8 Å². The van der Waals surface area contributed by atoms with Crippen LogP contribution in [0.1, 0.15) is 31.4 Å². The molecule has 0 spiro atoms. The Morgan fingerprint density at radius 3 is 2.76 bits per heavy atom. The molecule has 1 aromatic heterocycles. The molecule has 2 aromatic carbocycles. The quantitative estimate of drug-likeness (QED) is 0.633. The van der Waals surface area contributed by atoms with Crippen LogP contribution in [0, 0.1) is 0 Å². The molecule has 4 heteroatoms. The van der Waals surface area contributed by atoms with Crippen molar-refractivity contribution in [2.24, 2.45) is 0 Å². The summed E-state index contributed by atoms with van der Waals surface area (Å²) in [6.45, 7) is 2.21. The molecule has 3 aromatic rings. The fraction of sp³-hybridized carbons (Fsp3) is 0.235. The lowest BCUT2D eigenvalue weighted by molar-refractivity contribution is 0.678. The van der Waals surface area contributed by atoms with Gasteiger partial charge in [-0.2, -0.15) is 0 Å². The highest BCUT2D eigenvalue weighted by atomic mass is 35.5. The van der Waals surface area contributed by atoms with Gasteiger partial charge in [-0.1, -0.05) is 37.1 Å². The molecule has 0 aliphatic heterocycles. The van der Waals surface area contributed by atoms with Crippen LogP contribution >= 0.6 is 22.9 Å². The van der Waals surface area contributed by atoms with Gasteiger partial charge in [0.15, 0.2) is 0 Å². The number of benzene rings is 2. The molecule has 1 N–H and O–H groups in total. The minimum absolute atomic E-state index is 0.303. The van der Waals surface area contributed by atoms with Crippen LogP contribution in [0.2, 0.25) is 5.02 Å². The summed E-state index contributed by atoms with van der Waals surface area (Å²) < 4.78 is 1.21. The molecule has 1 heterocycles. The first-order valence-corrected chi connectivity index (χ1v) is 8.37. The lowest BCUT2D eigenvalue weighted by Crippen LogP contribution is -2.10. The third-order valence-electron chi connectivity index (χ3n) is 3.52. The van der Waals surface area contributed by atoms with Crippen molar-refractivity contribution in [3.05, 3.63) is 58.6 Å². The zero-order chi connectivity index (χ0) is 14.7. The van der Waals surface area contributed by atoms with Crippen LogP contribution in [0.4, 0.5) is 5.69 Å². The molecule has 1 unspecified atom stereocenters. The van der Waals surface area contributed by atoms with Crippen LogP contribution in [-0.2, 0) is 0 Å². The van der Waals surface area contributed by atoms with E-state index < -0.39 is 0 Å². The van der Waals surface area contributed by atoms with Crippen molar-refractivity contribution in [2.75, 3.05) is 5.32 Å². The number of aromatic nitrogens is 1. The molecule has 0 saturated carbocycles. The smallest absolute Gasteiger partial charge is 0.0813 e. The Hall–Kier alpha value is -1.58. The minimum atomic E-state index is 0.303. The van der Waals surface area contributed by atoms with E-state index in [1.807, 2.05) is 17.6 Å². The molecule has 21 heavy (non-hydrogen) atoms. The number of thiazole rings is 1. The normalized spacial score (nSPS) is 12.5. The third-order valence-corrected chi connectivity index (χ3v) is 4.57. The minimum Gasteiger partial charge on any atom is -0.378 e. The molecule has 2 nitrogen and oxygen atoms in total. The van der Waals surface area contributed by atoms with Crippen LogP contribution in [0.5, 0.6) is 0 Å². The first-order chi connectivity index (χ1) is 10.3. The molecule has 0 saturated heterocycles. The molecule has 0 radical (unpaired) electrons. The molecular formula is C17H17ClN2S. The predicted octanol–water partition coefficient (Wildman–Crippen LogP) is 5.90. The summed E-state index contributed by atoms with van der Waals surface area (Å²) in [5.41, 5.74) is 5.35. The van der Waals surface area contributed by atoms with Crippen molar-refractivity contribution < 1.29 is 0 Å². The molecule has 0 bridgehead atoms. The highest BCUT2D eigenvalue weighted by Gasteiger charge is 2.11. The van der Waals surface area contributed by atoms with Gasteiger partial charge in [0.2, 0.25) is 0 Å². The van der Waals surface area contributed by atoms with E-state index in [1.54, 1.807) is 11.3 Å². The summed E-state index contributed by atoms with van der Waals surface area (Å²) >= 11 is 7.65. The number of halogens is 1. The van der Waals surface area contributed by atoms with Crippen molar-refractivity contribution in [1.82, 2.24) is 4.98 Å². The monoisotopic (exact) mass is 316 g/mol. The molecule has 108 valence electrons. The van der Waals surface area contributed by atoms with Crippen LogP contribution in [-0.4, -0.2) is 4.98 Å². The summed E-state index contributed by atoms with van der Waals surface area (Å²) in [6.07, 6.45) is 2.21. The van der Waals surface area contributed by atoms with E-state index in [-0.39, 0.29) is 0 Å². The van der Waals surface area contributed by atoms with Gasteiger partial charge in [0.1, 0.15) is 0 Å². The van der Waals surface area contributed by atoms with Gasteiger partial charge in [0.25, 0.3) is 0 Å². The first-order valence-electron chi connectivity index (χ1n) is 7.11. The van der Waals surface area contributed by atoms with E-state index in [9.17, 15) is 0 Å². The second-order valence-corrected chi connectivity index (χ2v) is 6.39. The maximum Gasteiger partial charge on any atom is 0.0813 e. The lowest BCUT2D eigenvalue weighted by atomic mass is 10.0. The summed E-state index contributed by atoms with van der Waals surface area (Å²) in [5.74, 6) is 0. The Balaban J connectivity index is 1.85. The van der Waals surface area contributed by atoms with Crippen LogP contribution in [0.25, 0.3) is 10.2 Å². The Morgan fingerprint density at radius 1 is 1.19 bits per heavy atom. The van der Waals surface area contributed by atoms with Crippen LogP contribution in [0.3, 0.4) is 0 Å². The number of nitrogens with zero attached hydrogens (tertiary/aromatic N) is 1. The Morgan fingerprint density at radius 2 is 2.00 bits per heavy atom. The summed E-state index contributed by atoms with van der Waals surface area (Å²) in [7, 11) is 0. The Bertz CT molecular complexity index is 721. The number of hydrogen-bond donors (Lipinski definition) is 1. The largest absolute Gasteiger partial charge is 0.378 e. The average molecular weight is 317 g/mol. The molecule has 0 aliphatic carbocycles. The van der Waals surface area contributed by atoms with E-state index in [0.29, 0.717) is 6.04 Å².